The lowest BCUT2D eigenvalue weighted by molar-refractivity contribution is 0.190. The van der Waals surface area contributed by atoms with Crippen LogP contribution in [0.5, 0.6) is 0 Å². The normalized spacial score (nSPS) is 21.3. The van der Waals surface area contributed by atoms with Gasteiger partial charge in [0.2, 0.25) is 0 Å². The molecule has 0 aromatic carbocycles. The Kier molecular flexibility index (Phi) is 3.49. The van der Waals surface area contributed by atoms with Crippen LogP contribution < -0.4 is 5.32 Å². The Morgan fingerprint density at radius 3 is 3.21 bits per heavy atom. The summed E-state index contributed by atoms with van der Waals surface area (Å²) in [4.78, 5) is 4.27. The average molecular weight is 192 g/mol. The van der Waals surface area contributed by atoms with E-state index in [0.29, 0.717) is 6.04 Å². The fraction of sp³-hybridized carbons (Fsp3) is 0.545. The Morgan fingerprint density at radius 1 is 1.50 bits per heavy atom. The maximum atomic E-state index is 5.28. The van der Waals surface area contributed by atoms with Gasteiger partial charge in [0.05, 0.1) is 6.61 Å². The molecule has 0 spiro atoms. The van der Waals surface area contributed by atoms with Crippen molar-refractivity contribution in [2.75, 3.05) is 19.8 Å². The average Bonchev–Trinajstić information content (AvgIpc) is 2.72. The SMILES string of the molecule is c1ccc(CCNC2CCOC2)nc1. The lowest BCUT2D eigenvalue weighted by Crippen LogP contribution is -2.31. The predicted molar refractivity (Wildman–Crippen MR) is 55.2 cm³/mol. The lowest BCUT2D eigenvalue weighted by Gasteiger charge is -2.09. The molecule has 0 radical (unpaired) electrons. The summed E-state index contributed by atoms with van der Waals surface area (Å²) in [6.07, 6.45) is 3.98. The van der Waals surface area contributed by atoms with E-state index in [-0.39, 0.29) is 0 Å². The number of nitrogens with one attached hydrogen (secondary N) is 1. The monoisotopic (exact) mass is 192 g/mol. The first-order valence-electron chi connectivity index (χ1n) is 5.16. The van der Waals surface area contributed by atoms with Gasteiger partial charge in [0.1, 0.15) is 0 Å². The van der Waals surface area contributed by atoms with E-state index >= 15 is 0 Å². The molecular weight excluding hydrogens is 176 g/mol. The zero-order valence-corrected chi connectivity index (χ0v) is 8.28. The van der Waals surface area contributed by atoms with E-state index in [1.807, 2.05) is 18.3 Å². The number of rotatable bonds is 4. The summed E-state index contributed by atoms with van der Waals surface area (Å²) < 4.78 is 5.28. The van der Waals surface area contributed by atoms with E-state index in [1.165, 1.54) is 0 Å². The quantitative estimate of drug-likeness (QED) is 0.773. The first kappa shape index (κ1) is 9.62. The molecule has 1 aromatic heterocycles. The third-order valence-electron chi connectivity index (χ3n) is 2.47. The third kappa shape index (κ3) is 2.79. The van der Waals surface area contributed by atoms with Gasteiger partial charge in [0.25, 0.3) is 0 Å². The number of nitrogens with zero attached hydrogens (tertiary/aromatic N) is 1. The van der Waals surface area contributed by atoms with Crippen LogP contribution in [0.1, 0.15) is 12.1 Å². The summed E-state index contributed by atoms with van der Waals surface area (Å²) >= 11 is 0. The number of hydrogen-bond donors (Lipinski definition) is 1. The van der Waals surface area contributed by atoms with Gasteiger partial charge in [-0.05, 0) is 18.6 Å². The van der Waals surface area contributed by atoms with Gasteiger partial charge in [-0.3, -0.25) is 4.98 Å². The molecule has 1 saturated heterocycles. The van der Waals surface area contributed by atoms with Crippen LogP contribution in [-0.4, -0.2) is 30.8 Å². The van der Waals surface area contributed by atoms with Gasteiger partial charge in [0, 0.05) is 37.5 Å². The minimum Gasteiger partial charge on any atom is -0.380 e. The second kappa shape index (κ2) is 5.08. The standard InChI is InChI=1S/C11H16N2O/c1-2-6-12-10(3-1)4-7-13-11-5-8-14-9-11/h1-3,6,11,13H,4-5,7-9H2. The molecule has 76 valence electrons. The Morgan fingerprint density at radius 2 is 2.50 bits per heavy atom. The molecule has 2 rings (SSSR count). The third-order valence-corrected chi connectivity index (χ3v) is 2.47. The number of pyridine rings is 1. The number of aromatic nitrogens is 1. The van der Waals surface area contributed by atoms with Gasteiger partial charge < -0.3 is 10.1 Å². The fourth-order valence-electron chi connectivity index (χ4n) is 1.65. The Labute approximate surface area is 84.5 Å². The van der Waals surface area contributed by atoms with Crippen molar-refractivity contribution in [2.24, 2.45) is 0 Å². The Balaban J connectivity index is 1.67. The van der Waals surface area contributed by atoms with Crippen LogP contribution in [0, 0.1) is 0 Å². The summed E-state index contributed by atoms with van der Waals surface area (Å²) in [5, 5.41) is 3.47. The van der Waals surface area contributed by atoms with Crippen molar-refractivity contribution < 1.29 is 4.74 Å². The highest BCUT2D eigenvalue weighted by Gasteiger charge is 2.13. The van der Waals surface area contributed by atoms with Crippen LogP contribution in [0.2, 0.25) is 0 Å². The van der Waals surface area contributed by atoms with Crippen LogP contribution >= 0.6 is 0 Å². The van der Waals surface area contributed by atoms with Crippen LogP contribution in [0.25, 0.3) is 0 Å². The molecule has 0 saturated carbocycles. The van der Waals surface area contributed by atoms with Crippen LogP contribution in [0.4, 0.5) is 0 Å². The van der Waals surface area contributed by atoms with Crippen molar-refractivity contribution in [1.29, 1.82) is 0 Å². The molecule has 3 heteroatoms. The van der Waals surface area contributed by atoms with E-state index < -0.39 is 0 Å². The molecule has 1 N–H and O–H groups in total. The molecule has 14 heavy (non-hydrogen) atoms. The summed E-state index contributed by atoms with van der Waals surface area (Å²) in [7, 11) is 0. The largest absolute Gasteiger partial charge is 0.380 e. The second-order valence-electron chi connectivity index (χ2n) is 3.59. The molecule has 1 atom stereocenters. The van der Waals surface area contributed by atoms with Crippen molar-refractivity contribution >= 4 is 0 Å². The highest BCUT2D eigenvalue weighted by atomic mass is 16.5. The molecular formula is C11H16N2O. The molecule has 0 aliphatic carbocycles. The van der Waals surface area contributed by atoms with Crippen molar-refractivity contribution in [1.82, 2.24) is 10.3 Å². The minimum atomic E-state index is 0.554. The van der Waals surface area contributed by atoms with E-state index in [1.54, 1.807) is 0 Å². The molecule has 1 aliphatic heterocycles. The predicted octanol–water partition coefficient (Wildman–Crippen LogP) is 1.00. The van der Waals surface area contributed by atoms with E-state index in [2.05, 4.69) is 16.4 Å². The molecule has 0 amide bonds. The summed E-state index contributed by atoms with van der Waals surface area (Å²) in [6.45, 7) is 2.76. The summed E-state index contributed by atoms with van der Waals surface area (Å²) in [5.74, 6) is 0. The summed E-state index contributed by atoms with van der Waals surface area (Å²) in [6, 6.07) is 6.59. The molecule has 0 bridgehead atoms. The zero-order chi connectivity index (χ0) is 9.64. The van der Waals surface area contributed by atoms with Crippen molar-refractivity contribution in [2.45, 2.75) is 18.9 Å². The zero-order valence-electron chi connectivity index (χ0n) is 8.28. The van der Waals surface area contributed by atoms with Crippen molar-refractivity contribution in [3.05, 3.63) is 30.1 Å². The van der Waals surface area contributed by atoms with Gasteiger partial charge in [-0.25, -0.2) is 0 Å². The Hall–Kier alpha value is -0.930. The van der Waals surface area contributed by atoms with Crippen molar-refractivity contribution in [3.8, 4) is 0 Å². The Bertz CT molecular complexity index is 257. The molecule has 2 heterocycles. The molecule has 3 nitrogen and oxygen atoms in total. The minimum absolute atomic E-state index is 0.554. The topological polar surface area (TPSA) is 34.1 Å². The molecule has 1 fully saturated rings. The number of hydrogen-bond acceptors (Lipinski definition) is 3. The second-order valence-corrected chi connectivity index (χ2v) is 3.59. The number of ether oxygens (including phenoxy) is 1. The summed E-state index contributed by atoms with van der Waals surface area (Å²) in [5.41, 5.74) is 1.15. The first-order valence-corrected chi connectivity index (χ1v) is 5.16. The lowest BCUT2D eigenvalue weighted by atomic mass is 10.2. The smallest absolute Gasteiger partial charge is 0.0620 e. The van der Waals surface area contributed by atoms with Gasteiger partial charge in [0.15, 0.2) is 0 Å². The maximum Gasteiger partial charge on any atom is 0.0620 e. The van der Waals surface area contributed by atoms with Crippen LogP contribution in [-0.2, 0) is 11.2 Å². The van der Waals surface area contributed by atoms with E-state index in [4.69, 9.17) is 4.74 Å². The molecule has 1 aliphatic rings. The van der Waals surface area contributed by atoms with Gasteiger partial charge in [-0.1, -0.05) is 6.07 Å². The van der Waals surface area contributed by atoms with Gasteiger partial charge in [-0.15, -0.1) is 0 Å². The molecule has 1 aromatic rings. The van der Waals surface area contributed by atoms with Crippen LogP contribution in [0.15, 0.2) is 24.4 Å². The highest BCUT2D eigenvalue weighted by molar-refractivity contribution is 5.03. The van der Waals surface area contributed by atoms with Crippen molar-refractivity contribution in [3.63, 3.8) is 0 Å². The van der Waals surface area contributed by atoms with Gasteiger partial charge >= 0.3 is 0 Å². The van der Waals surface area contributed by atoms with E-state index in [0.717, 1.165) is 38.3 Å². The highest BCUT2D eigenvalue weighted by Crippen LogP contribution is 2.03. The molecule has 1 unspecified atom stereocenters. The fourth-order valence-corrected chi connectivity index (χ4v) is 1.65. The maximum absolute atomic E-state index is 5.28. The van der Waals surface area contributed by atoms with E-state index in [9.17, 15) is 0 Å². The first-order chi connectivity index (χ1) is 6.95. The van der Waals surface area contributed by atoms with Crippen LogP contribution in [0.3, 0.4) is 0 Å². The van der Waals surface area contributed by atoms with Gasteiger partial charge in [-0.2, -0.15) is 0 Å².